The Balaban J connectivity index is 2.20. The lowest BCUT2D eigenvalue weighted by Crippen LogP contribution is -2.45. The number of anilines is 2. The number of hydrogen-bond donors (Lipinski definition) is 1. The fourth-order valence-corrected chi connectivity index (χ4v) is 5.14. The monoisotopic (exact) mass is 430 g/mol. The van der Waals surface area contributed by atoms with Crippen LogP contribution in [0.2, 0.25) is 0 Å². The molecule has 1 atom stereocenters. The summed E-state index contributed by atoms with van der Waals surface area (Å²) >= 11 is 2.77. The number of ether oxygens (including phenoxy) is 1. The summed E-state index contributed by atoms with van der Waals surface area (Å²) in [6, 6.07) is 5.58. The van der Waals surface area contributed by atoms with Crippen LogP contribution < -0.4 is 14.4 Å². The number of hydrogen-bond acceptors (Lipinski definition) is 8. The van der Waals surface area contributed by atoms with E-state index in [4.69, 9.17) is 4.74 Å². The number of nitrogens with zero attached hydrogens (tertiary/aromatic N) is 3. The molecular formula is C16H22N4O4S3. The van der Waals surface area contributed by atoms with Crippen molar-refractivity contribution in [2.45, 2.75) is 31.2 Å². The Bertz CT molecular complexity index is 868. The second-order valence-corrected chi connectivity index (χ2v) is 9.81. The van der Waals surface area contributed by atoms with Crippen LogP contribution in [-0.4, -0.2) is 49.2 Å². The van der Waals surface area contributed by atoms with Gasteiger partial charge in [0.15, 0.2) is 4.34 Å². The molecule has 1 N–H and O–H groups in total. The molecule has 1 aromatic carbocycles. The standard InChI is InChI=1S/C16H22N4O4S3/c1-5-24-13-9-7-12(8-10-13)20(27(4,22)23)11(3)14(21)17-15-18-19-16(26-15)25-6-2/h7-11H,5-6H2,1-4H3,(H,17,18,21)/t11-/m1/s1. The molecule has 0 saturated carbocycles. The molecule has 2 aromatic rings. The summed E-state index contributed by atoms with van der Waals surface area (Å²) in [4.78, 5) is 12.6. The highest BCUT2D eigenvalue weighted by molar-refractivity contribution is 8.01. The van der Waals surface area contributed by atoms with Gasteiger partial charge in [-0.3, -0.25) is 14.4 Å². The van der Waals surface area contributed by atoms with Gasteiger partial charge in [-0.05, 0) is 43.9 Å². The predicted molar refractivity (Wildman–Crippen MR) is 109 cm³/mol. The Morgan fingerprint density at radius 3 is 2.52 bits per heavy atom. The van der Waals surface area contributed by atoms with Crippen LogP contribution >= 0.6 is 23.1 Å². The van der Waals surface area contributed by atoms with E-state index in [2.05, 4.69) is 15.5 Å². The molecule has 148 valence electrons. The van der Waals surface area contributed by atoms with Crippen LogP contribution in [0, 0.1) is 0 Å². The molecule has 0 fully saturated rings. The summed E-state index contributed by atoms with van der Waals surface area (Å²) in [6.07, 6.45) is 1.06. The highest BCUT2D eigenvalue weighted by Crippen LogP contribution is 2.27. The maximum atomic E-state index is 12.6. The van der Waals surface area contributed by atoms with E-state index in [9.17, 15) is 13.2 Å². The molecule has 0 spiro atoms. The van der Waals surface area contributed by atoms with Crippen LogP contribution in [0.1, 0.15) is 20.8 Å². The maximum Gasteiger partial charge on any atom is 0.249 e. The van der Waals surface area contributed by atoms with Gasteiger partial charge in [-0.2, -0.15) is 0 Å². The highest BCUT2D eigenvalue weighted by Gasteiger charge is 2.29. The molecule has 27 heavy (non-hydrogen) atoms. The van der Waals surface area contributed by atoms with E-state index in [0.29, 0.717) is 23.2 Å². The smallest absolute Gasteiger partial charge is 0.249 e. The third kappa shape index (κ3) is 5.81. The lowest BCUT2D eigenvalue weighted by Gasteiger charge is -2.28. The van der Waals surface area contributed by atoms with Crippen LogP contribution in [0.5, 0.6) is 5.75 Å². The van der Waals surface area contributed by atoms with Crippen molar-refractivity contribution >= 4 is 49.8 Å². The summed E-state index contributed by atoms with van der Waals surface area (Å²) in [5, 5.41) is 10.9. The number of amides is 1. The van der Waals surface area contributed by atoms with Crippen LogP contribution in [0.25, 0.3) is 0 Å². The molecule has 0 saturated heterocycles. The van der Waals surface area contributed by atoms with E-state index in [0.717, 1.165) is 20.7 Å². The van der Waals surface area contributed by atoms with Gasteiger partial charge in [0.25, 0.3) is 0 Å². The minimum Gasteiger partial charge on any atom is -0.494 e. The van der Waals surface area contributed by atoms with Crippen molar-refractivity contribution in [1.29, 1.82) is 0 Å². The Morgan fingerprint density at radius 1 is 1.30 bits per heavy atom. The predicted octanol–water partition coefficient (Wildman–Crippen LogP) is 2.84. The normalized spacial score (nSPS) is 12.4. The molecule has 1 aromatic heterocycles. The first-order valence-corrected chi connectivity index (χ1v) is 11.9. The van der Waals surface area contributed by atoms with Gasteiger partial charge in [0.05, 0.1) is 18.6 Å². The molecule has 0 aliphatic rings. The van der Waals surface area contributed by atoms with E-state index in [1.54, 1.807) is 24.3 Å². The number of nitrogens with one attached hydrogen (secondary N) is 1. The van der Waals surface area contributed by atoms with Crippen LogP contribution in [0.3, 0.4) is 0 Å². The summed E-state index contributed by atoms with van der Waals surface area (Å²) in [5.74, 6) is 0.985. The zero-order valence-electron chi connectivity index (χ0n) is 15.5. The minimum atomic E-state index is -3.69. The van der Waals surface area contributed by atoms with Crippen LogP contribution in [0.15, 0.2) is 28.6 Å². The Hall–Kier alpha value is -1.85. The van der Waals surface area contributed by atoms with E-state index in [1.807, 2.05) is 13.8 Å². The van der Waals surface area contributed by atoms with Gasteiger partial charge in [-0.15, -0.1) is 10.2 Å². The molecule has 1 amide bonds. The first-order valence-electron chi connectivity index (χ1n) is 8.25. The number of sulfonamides is 1. The molecule has 0 aliphatic heterocycles. The summed E-state index contributed by atoms with van der Waals surface area (Å²) in [6.45, 7) is 5.89. The Labute approximate surface area is 167 Å². The number of thioether (sulfide) groups is 1. The largest absolute Gasteiger partial charge is 0.494 e. The molecule has 11 heteroatoms. The summed E-state index contributed by atoms with van der Waals surface area (Å²) in [5.41, 5.74) is 0.378. The molecule has 0 bridgehead atoms. The van der Waals surface area contributed by atoms with Crippen molar-refractivity contribution in [2.75, 3.05) is 28.2 Å². The van der Waals surface area contributed by atoms with Gasteiger partial charge in [0.2, 0.25) is 21.1 Å². The second-order valence-electron chi connectivity index (χ2n) is 5.46. The van der Waals surface area contributed by atoms with E-state index >= 15 is 0 Å². The van der Waals surface area contributed by atoms with Crippen molar-refractivity contribution in [3.8, 4) is 5.75 Å². The van der Waals surface area contributed by atoms with Gasteiger partial charge < -0.3 is 4.74 Å². The first-order chi connectivity index (χ1) is 12.8. The van der Waals surface area contributed by atoms with Crippen molar-refractivity contribution in [3.05, 3.63) is 24.3 Å². The van der Waals surface area contributed by atoms with Crippen LogP contribution in [-0.2, 0) is 14.8 Å². The summed E-state index contributed by atoms with van der Waals surface area (Å²) < 4.78 is 31.8. The zero-order chi connectivity index (χ0) is 20.0. The summed E-state index contributed by atoms with van der Waals surface area (Å²) in [7, 11) is -3.69. The van der Waals surface area contributed by atoms with Gasteiger partial charge in [0, 0.05) is 0 Å². The average Bonchev–Trinajstić information content (AvgIpc) is 3.03. The SMILES string of the molecule is CCOc1ccc(N([C@H](C)C(=O)Nc2nnc(SCC)s2)S(C)(=O)=O)cc1. The topological polar surface area (TPSA) is 101 Å². The molecule has 0 radical (unpaired) electrons. The number of rotatable bonds is 9. The zero-order valence-corrected chi connectivity index (χ0v) is 17.9. The highest BCUT2D eigenvalue weighted by atomic mass is 32.2. The number of carbonyl (C=O) groups excluding carboxylic acids is 1. The number of benzene rings is 1. The molecule has 2 rings (SSSR count). The van der Waals surface area contributed by atoms with Crippen molar-refractivity contribution in [2.24, 2.45) is 0 Å². The number of carbonyl (C=O) groups is 1. The van der Waals surface area contributed by atoms with Crippen molar-refractivity contribution in [3.63, 3.8) is 0 Å². The lowest BCUT2D eigenvalue weighted by atomic mass is 10.2. The molecule has 0 unspecified atom stereocenters. The van der Waals surface area contributed by atoms with Gasteiger partial charge >= 0.3 is 0 Å². The van der Waals surface area contributed by atoms with Gasteiger partial charge in [0.1, 0.15) is 11.8 Å². The maximum absolute atomic E-state index is 12.6. The third-order valence-corrected chi connectivity index (χ3v) is 6.49. The Kier molecular flexibility index (Phi) is 7.45. The average molecular weight is 431 g/mol. The Morgan fingerprint density at radius 2 is 1.96 bits per heavy atom. The quantitative estimate of drug-likeness (QED) is 0.482. The van der Waals surface area contributed by atoms with Crippen molar-refractivity contribution < 1.29 is 17.9 Å². The molecule has 0 aliphatic carbocycles. The lowest BCUT2D eigenvalue weighted by molar-refractivity contribution is -0.116. The fourth-order valence-electron chi connectivity index (χ4n) is 2.32. The molecule has 1 heterocycles. The molecular weight excluding hydrogens is 408 g/mol. The first kappa shape index (κ1) is 21.5. The molecule has 8 nitrogen and oxygen atoms in total. The number of aromatic nitrogens is 2. The minimum absolute atomic E-state index is 0.336. The van der Waals surface area contributed by atoms with E-state index < -0.39 is 22.0 Å². The third-order valence-electron chi connectivity index (χ3n) is 3.40. The van der Waals surface area contributed by atoms with Gasteiger partial charge in [-0.25, -0.2) is 8.42 Å². The van der Waals surface area contributed by atoms with Crippen LogP contribution in [0.4, 0.5) is 10.8 Å². The van der Waals surface area contributed by atoms with E-state index in [1.165, 1.54) is 30.0 Å². The fraction of sp³-hybridized carbons (Fsp3) is 0.438. The van der Waals surface area contributed by atoms with E-state index in [-0.39, 0.29) is 0 Å². The van der Waals surface area contributed by atoms with Gasteiger partial charge in [-0.1, -0.05) is 30.0 Å². The van der Waals surface area contributed by atoms with Crippen molar-refractivity contribution in [1.82, 2.24) is 10.2 Å². The second kappa shape index (κ2) is 9.38.